The summed E-state index contributed by atoms with van der Waals surface area (Å²) in [6.07, 6.45) is 3.76. The van der Waals surface area contributed by atoms with Crippen molar-refractivity contribution in [1.29, 1.82) is 0 Å². The number of ketones is 2. The van der Waals surface area contributed by atoms with Gasteiger partial charge in [-0.25, -0.2) is 0 Å². The average Bonchev–Trinajstić information content (AvgIpc) is 4.20. The summed E-state index contributed by atoms with van der Waals surface area (Å²) in [5.74, 6) is -6.12. The van der Waals surface area contributed by atoms with Crippen LogP contribution in [0.4, 0.5) is 0 Å². The molecule has 16 N–H and O–H groups in total. The number of carbonyl (C=O) groups excluding carboxylic acids is 9. The molecule has 0 radical (unpaired) electrons. The summed E-state index contributed by atoms with van der Waals surface area (Å²) in [7, 11) is 0. The predicted octanol–water partition coefficient (Wildman–Crippen LogP) is -3.50. The molecule has 23 nitrogen and oxygen atoms in total. The number of hydrogen-bond donors (Lipinski definition) is 11. The summed E-state index contributed by atoms with van der Waals surface area (Å²) in [4.78, 5) is 127. The second-order valence-electron chi connectivity index (χ2n) is 18.9. The number of nitrogens with one attached hydrogen (secondary N) is 5. The van der Waals surface area contributed by atoms with Crippen LogP contribution in [-0.4, -0.2) is 173 Å². The number of nitrogens with zero attached hydrogens (tertiary/aromatic N) is 3. The number of Topliss-reactive ketones (excluding diaryl/α,β-unsaturated/α-hetero) is 2. The fraction of sp³-hybridized carbons (Fsp3) is 0.580. The van der Waals surface area contributed by atoms with Gasteiger partial charge < -0.3 is 69.7 Å². The maximum Gasteiger partial charge on any atom is 0.248 e. The van der Waals surface area contributed by atoms with Gasteiger partial charge in [0.15, 0.2) is 0 Å². The van der Waals surface area contributed by atoms with Crippen molar-refractivity contribution in [3.63, 3.8) is 0 Å². The minimum atomic E-state index is -1.54. The second-order valence-corrected chi connectivity index (χ2v) is 18.9. The minimum Gasteiger partial charge on any atom is -0.394 e. The highest BCUT2D eigenvalue weighted by Gasteiger charge is 2.45. The molecule has 3 aliphatic heterocycles. The summed E-state index contributed by atoms with van der Waals surface area (Å²) < 4.78 is 0. The van der Waals surface area contributed by atoms with E-state index in [1.807, 2.05) is 6.07 Å². The van der Waals surface area contributed by atoms with Gasteiger partial charge >= 0.3 is 0 Å². The van der Waals surface area contributed by atoms with Crippen LogP contribution in [0.3, 0.4) is 0 Å². The van der Waals surface area contributed by atoms with Gasteiger partial charge in [0, 0.05) is 26.1 Å². The van der Waals surface area contributed by atoms with Crippen molar-refractivity contribution in [3.05, 3.63) is 71.8 Å². The zero-order chi connectivity index (χ0) is 53.0. The third-order valence-electron chi connectivity index (χ3n) is 13.5. The molecule has 8 atom stereocenters. The monoisotopic (exact) mass is 1020 g/mol. The van der Waals surface area contributed by atoms with Gasteiger partial charge in [0.1, 0.15) is 36.5 Å². The summed E-state index contributed by atoms with van der Waals surface area (Å²) in [6.45, 7) is -0.0896. The van der Waals surface area contributed by atoms with Crippen molar-refractivity contribution < 1.29 is 48.3 Å². The van der Waals surface area contributed by atoms with Crippen molar-refractivity contribution in [2.75, 3.05) is 45.9 Å². The number of likely N-dealkylation sites (tertiary alicyclic amines) is 3. The third kappa shape index (κ3) is 16.7. The van der Waals surface area contributed by atoms with Gasteiger partial charge in [-0.05, 0) is 94.8 Å². The first-order valence-corrected chi connectivity index (χ1v) is 25.4. The van der Waals surface area contributed by atoms with Gasteiger partial charge in [0.25, 0.3) is 0 Å². The van der Waals surface area contributed by atoms with Crippen LogP contribution in [0.15, 0.2) is 60.7 Å². The Labute approximate surface area is 425 Å². The standard InChI is InChI=1S/C50H75N13O10/c51-22-8-7-17-33(52)44(68)59-35(18-9-23-56-50(54)55)47(71)63-26-12-21-40(63)49(73)62-25-11-20-39(62)46(70)57-29-41(65)58-36(28-32-15-5-2-6-16-32)45(69)60-37(30-64)48(72)61-24-10-19-38(61)43(67)42(66)34(53)27-31-13-3-1-4-14-31/h1-6,13-16,33-40,50,56,64H,7-12,17-30,51-55H2,(H,57,70)(H,58,65)(H,59,68)(H,60,69)/t33-,34-,35-,36-,37-,38-,39-,40-/m0/s1. The Bertz CT molecular complexity index is 2210. The quantitative estimate of drug-likeness (QED) is 0.0224. The van der Waals surface area contributed by atoms with Gasteiger partial charge in [-0.1, -0.05) is 67.1 Å². The molecule has 23 heteroatoms. The Balaban J connectivity index is 1.20. The Kier molecular flexibility index (Phi) is 22.8. The first-order valence-electron chi connectivity index (χ1n) is 25.4. The first kappa shape index (κ1) is 57.7. The van der Waals surface area contributed by atoms with E-state index in [4.69, 9.17) is 28.7 Å². The molecule has 3 fully saturated rings. The number of hydrogen-bond acceptors (Lipinski definition) is 16. The van der Waals surface area contributed by atoms with E-state index in [-0.39, 0.29) is 51.7 Å². The first-order chi connectivity index (χ1) is 35.0. The van der Waals surface area contributed by atoms with Crippen LogP contribution in [0, 0.1) is 0 Å². The van der Waals surface area contributed by atoms with Crippen LogP contribution >= 0.6 is 0 Å². The molecule has 2 aromatic carbocycles. The highest BCUT2D eigenvalue weighted by atomic mass is 16.3. The lowest BCUT2D eigenvalue weighted by Crippen LogP contribution is -2.59. The largest absolute Gasteiger partial charge is 0.394 e. The molecule has 0 spiro atoms. The van der Waals surface area contributed by atoms with Crippen molar-refractivity contribution in [1.82, 2.24) is 41.3 Å². The lowest BCUT2D eigenvalue weighted by Gasteiger charge is -2.33. The smallest absolute Gasteiger partial charge is 0.248 e. The summed E-state index contributed by atoms with van der Waals surface area (Å²) >= 11 is 0. The average molecular weight is 1020 g/mol. The van der Waals surface area contributed by atoms with E-state index < -0.39 is 121 Å². The molecule has 2 aromatic rings. The van der Waals surface area contributed by atoms with Crippen LogP contribution in [0.5, 0.6) is 0 Å². The van der Waals surface area contributed by atoms with Crippen LogP contribution in [0.2, 0.25) is 0 Å². The zero-order valence-electron chi connectivity index (χ0n) is 41.5. The Morgan fingerprint density at radius 2 is 1.16 bits per heavy atom. The summed E-state index contributed by atoms with van der Waals surface area (Å²) in [5.41, 5.74) is 30.5. The Hall–Kier alpha value is -6.21. The molecule has 3 heterocycles. The molecule has 0 aliphatic carbocycles. The van der Waals surface area contributed by atoms with Crippen LogP contribution in [0.25, 0.3) is 0 Å². The molecule has 0 unspecified atom stereocenters. The number of amides is 7. The number of unbranched alkanes of at least 4 members (excludes halogenated alkanes) is 1. The van der Waals surface area contributed by atoms with E-state index in [1.165, 1.54) is 9.80 Å². The van der Waals surface area contributed by atoms with E-state index in [9.17, 15) is 48.3 Å². The number of rotatable bonds is 28. The number of aliphatic hydroxyl groups is 1. The topological polar surface area (TPSA) is 374 Å². The molecule has 3 saturated heterocycles. The Morgan fingerprint density at radius 3 is 1.78 bits per heavy atom. The molecular formula is C50H75N13O10. The maximum absolute atomic E-state index is 14.3. The van der Waals surface area contributed by atoms with E-state index in [2.05, 4.69) is 26.6 Å². The zero-order valence-corrected chi connectivity index (χ0v) is 41.5. The SMILES string of the molecule is NCCCC[C@H](N)C(=O)N[C@@H](CCCNC(N)N)C(=O)N1CCC[C@H]1C(=O)N1CCC[C@H]1C(=O)NCC(=O)N[C@@H](Cc1ccccc1)C(=O)N[C@@H](CO)C(=O)N1CCC[C@H]1C(=O)C(=O)[C@@H](N)Cc1ccccc1. The fourth-order valence-electron chi connectivity index (χ4n) is 9.59. The lowest BCUT2D eigenvalue weighted by atomic mass is 9.96. The number of aliphatic hydroxyl groups excluding tert-OH is 1. The van der Waals surface area contributed by atoms with Crippen molar-refractivity contribution in [2.24, 2.45) is 28.7 Å². The molecule has 3 aliphatic rings. The molecule has 0 aromatic heterocycles. The molecule has 0 bridgehead atoms. The van der Waals surface area contributed by atoms with Crippen LogP contribution < -0.4 is 55.3 Å². The molecule has 5 rings (SSSR count). The maximum atomic E-state index is 14.3. The fourth-order valence-corrected chi connectivity index (χ4v) is 9.59. The van der Waals surface area contributed by atoms with Gasteiger partial charge in [0.2, 0.25) is 52.9 Å². The predicted molar refractivity (Wildman–Crippen MR) is 269 cm³/mol. The number of carbonyl (C=O) groups is 9. The summed E-state index contributed by atoms with van der Waals surface area (Å²) in [6, 6.07) is 8.73. The lowest BCUT2D eigenvalue weighted by molar-refractivity contribution is -0.148. The van der Waals surface area contributed by atoms with Gasteiger partial charge in [-0.15, -0.1) is 0 Å². The highest BCUT2D eigenvalue weighted by Crippen LogP contribution is 2.27. The molecule has 0 saturated carbocycles. The normalized spacial score (nSPS) is 19.7. The number of benzene rings is 2. The molecule has 400 valence electrons. The van der Waals surface area contributed by atoms with Gasteiger partial charge in [0.05, 0.1) is 31.3 Å². The van der Waals surface area contributed by atoms with Gasteiger partial charge in [-0.2, -0.15) is 0 Å². The van der Waals surface area contributed by atoms with Gasteiger partial charge in [-0.3, -0.25) is 48.5 Å². The molecule has 73 heavy (non-hydrogen) atoms. The number of nitrogens with two attached hydrogens (primary N) is 5. The molecular weight excluding hydrogens is 943 g/mol. The van der Waals surface area contributed by atoms with E-state index in [0.29, 0.717) is 70.0 Å². The second kappa shape index (κ2) is 28.9. The van der Waals surface area contributed by atoms with E-state index >= 15 is 0 Å². The van der Waals surface area contributed by atoms with Crippen molar-refractivity contribution >= 4 is 52.9 Å². The molecule has 7 amide bonds. The third-order valence-corrected chi connectivity index (χ3v) is 13.5. The summed E-state index contributed by atoms with van der Waals surface area (Å²) in [5, 5.41) is 23.8. The van der Waals surface area contributed by atoms with Crippen LogP contribution in [0.1, 0.15) is 81.8 Å². The van der Waals surface area contributed by atoms with Crippen molar-refractivity contribution in [2.45, 2.75) is 138 Å². The minimum absolute atomic E-state index is 0.0519. The Morgan fingerprint density at radius 1 is 0.603 bits per heavy atom. The highest BCUT2D eigenvalue weighted by molar-refractivity contribution is 6.41. The van der Waals surface area contributed by atoms with E-state index in [0.717, 1.165) is 10.5 Å². The van der Waals surface area contributed by atoms with Crippen molar-refractivity contribution in [3.8, 4) is 0 Å². The van der Waals surface area contributed by atoms with Crippen LogP contribution in [-0.2, 0) is 56.0 Å². The van der Waals surface area contributed by atoms with E-state index in [1.54, 1.807) is 54.6 Å².